The summed E-state index contributed by atoms with van der Waals surface area (Å²) in [5.41, 5.74) is 10.4. The van der Waals surface area contributed by atoms with Gasteiger partial charge in [0.05, 0.1) is 11.7 Å². The van der Waals surface area contributed by atoms with E-state index in [1.807, 2.05) is 30.5 Å². The van der Waals surface area contributed by atoms with Crippen LogP contribution in [-0.2, 0) is 6.42 Å². The van der Waals surface area contributed by atoms with E-state index in [0.717, 1.165) is 37.7 Å². The second kappa shape index (κ2) is 8.05. The zero-order valence-electron chi connectivity index (χ0n) is 15.0. The Morgan fingerprint density at radius 3 is 2.89 bits per heavy atom. The van der Waals surface area contributed by atoms with Crippen molar-refractivity contribution >= 4 is 50.6 Å². The minimum absolute atomic E-state index is 0.116. The van der Waals surface area contributed by atoms with Crippen LogP contribution in [0.1, 0.15) is 11.1 Å². The lowest BCUT2D eigenvalue weighted by molar-refractivity contribution is 0.698. The third-order valence-corrected chi connectivity index (χ3v) is 6.06. The molecule has 0 saturated heterocycles. The van der Waals surface area contributed by atoms with Gasteiger partial charge in [0.2, 0.25) is 5.13 Å². The minimum atomic E-state index is -0.116. The van der Waals surface area contributed by atoms with Gasteiger partial charge < -0.3 is 11.1 Å². The van der Waals surface area contributed by atoms with Gasteiger partial charge in [-0.3, -0.25) is 5.10 Å². The third-order valence-electron chi connectivity index (χ3n) is 4.56. The van der Waals surface area contributed by atoms with Crippen molar-refractivity contribution in [3.05, 3.63) is 57.7 Å². The molecule has 1 atom stereocenters. The van der Waals surface area contributed by atoms with Gasteiger partial charge in [-0.2, -0.15) is 5.10 Å². The molecule has 2 aromatic carbocycles. The van der Waals surface area contributed by atoms with Crippen molar-refractivity contribution in [2.45, 2.75) is 19.4 Å². The standard InChI is InChI=1S/C19H18Cl2N6S/c1-10-14(4-5-17-15(10)9-24-25-17)18-26-27-19(28-18)23-8-13(22)6-11-2-3-12(20)7-16(11)21/h2-5,7,9,13H,6,8,22H2,1H3,(H,23,27)(H,24,25). The van der Waals surface area contributed by atoms with Gasteiger partial charge in [-0.15, -0.1) is 10.2 Å². The number of rotatable bonds is 6. The van der Waals surface area contributed by atoms with Crippen molar-refractivity contribution in [1.82, 2.24) is 20.4 Å². The van der Waals surface area contributed by atoms with Gasteiger partial charge in [-0.05, 0) is 48.7 Å². The molecule has 0 fully saturated rings. The largest absolute Gasteiger partial charge is 0.359 e. The van der Waals surface area contributed by atoms with Gasteiger partial charge in [-0.25, -0.2) is 0 Å². The summed E-state index contributed by atoms with van der Waals surface area (Å²) in [5, 5.41) is 22.8. The summed E-state index contributed by atoms with van der Waals surface area (Å²) in [4.78, 5) is 0. The highest BCUT2D eigenvalue weighted by atomic mass is 35.5. The fraction of sp³-hybridized carbons (Fsp3) is 0.211. The molecule has 1 unspecified atom stereocenters. The molecule has 28 heavy (non-hydrogen) atoms. The normalized spacial score (nSPS) is 12.4. The average Bonchev–Trinajstić information content (AvgIpc) is 3.32. The van der Waals surface area contributed by atoms with Crippen molar-refractivity contribution in [3.63, 3.8) is 0 Å². The van der Waals surface area contributed by atoms with E-state index in [9.17, 15) is 0 Å². The number of aromatic nitrogens is 4. The lowest BCUT2D eigenvalue weighted by Crippen LogP contribution is -2.31. The highest BCUT2D eigenvalue weighted by Gasteiger charge is 2.13. The maximum Gasteiger partial charge on any atom is 0.206 e. The first-order valence-electron chi connectivity index (χ1n) is 8.71. The van der Waals surface area contributed by atoms with E-state index >= 15 is 0 Å². The summed E-state index contributed by atoms with van der Waals surface area (Å²) in [5.74, 6) is 0. The van der Waals surface area contributed by atoms with Crippen molar-refractivity contribution in [2.24, 2.45) is 5.73 Å². The molecular formula is C19H18Cl2N6S. The monoisotopic (exact) mass is 432 g/mol. The number of nitrogens with zero attached hydrogens (tertiary/aromatic N) is 3. The summed E-state index contributed by atoms with van der Waals surface area (Å²) in [6, 6.07) is 9.38. The molecule has 0 spiro atoms. The summed E-state index contributed by atoms with van der Waals surface area (Å²) in [7, 11) is 0. The first kappa shape index (κ1) is 19.1. The fourth-order valence-corrected chi connectivity index (χ4v) is 4.37. The van der Waals surface area contributed by atoms with Crippen LogP contribution >= 0.6 is 34.5 Å². The average molecular weight is 433 g/mol. The Labute approximate surface area is 176 Å². The van der Waals surface area contributed by atoms with Crippen LogP contribution in [0.2, 0.25) is 10.0 Å². The van der Waals surface area contributed by atoms with Crippen LogP contribution in [0.4, 0.5) is 5.13 Å². The van der Waals surface area contributed by atoms with E-state index in [-0.39, 0.29) is 6.04 Å². The maximum atomic E-state index is 6.24. The number of hydrogen-bond donors (Lipinski definition) is 3. The first-order valence-corrected chi connectivity index (χ1v) is 10.3. The van der Waals surface area contributed by atoms with Crippen LogP contribution in [0.5, 0.6) is 0 Å². The quantitative estimate of drug-likeness (QED) is 0.411. The number of anilines is 1. The van der Waals surface area contributed by atoms with Crippen LogP contribution in [0.3, 0.4) is 0 Å². The zero-order valence-corrected chi connectivity index (χ0v) is 17.4. The Bertz CT molecular complexity index is 1120. The Hall–Kier alpha value is -2.19. The second-order valence-corrected chi connectivity index (χ2v) is 8.38. The number of nitrogens with two attached hydrogens (primary N) is 1. The van der Waals surface area contributed by atoms with E-state index < -0.39 is 0 Å². The van der Waals surface area contributed by atoms with Crippen LogP contribution in [0.15, 0.2) is 36.5 Å². The summed E-state index contributed by atoms with van der Waals surface area (Å²) >= 11 is 13.7. The molecule has 6 nitrogen and oxygen atoms in total. The van der Waals surface area contributed by atoms with Gasteiger partial charge in [0.1, 0.15) is 5.01 Å². The van der Waals surface area contributed by atoms with Crippen molar-refractivity contribution < 1.29 is 0 Å². The summed E-state index contributed by atoms with van der Waals surface area (Å²) < 4.78 is 0. The number of aryl methyl sites for hydroxylation is 1. The van der Waals surface area contributed by atoms with Crippen molar-refractivity contribution in [3.8, 4) is 10.6 Å². The van der Waals surface area contributed by atoms with E-state index in [1.54, 1.807) is 6.07 Å². The molecule has 4 rings (SSSR count). The fourth-order valence-electron chi connectivity index (χ4n) is 3.05. The molecule has 2 aromatic heterocycles. The molecule has 9 heteroatoms. The van der Waals surface area contributed by atoms with E-state index in [0.29, 0.717) is 23.0 Å². The lowest BCUT2D eigenvalue weighted by atomic mass is 10.1. The van der Waals surface area contributed by atoms with E-state index in [4.69, 9.17) is 28.9 Å². The first-order chi connectivity index (χ1) is 13.5. The second-order valence-electron chi connectivity index (χ2n) is 6.56. The molecule has 0 bridgehead atoms. The Morgan fingerprint density at radius 2 is 2.07 bits per heavy atom. The van der Waals surface area contributed by atoms with Gasteiger partial charge in [0.25, 0.3) is 0 Å². The maximum absolute atomic E-state index is 6.24. The minimum Gasteiger partial charge on any atom is -0.359 e. The Balaban J connectivity index is 1.42. The third kappa shape index (κ3) is 3.98. The molecule has 0 amide bonds. The van der Waals surface area contributed by atoms with Gasteiger partial charge in [0, 0.05) is 33.6 Å². The van der Waals surface area contributed by atoms with E-state index in [1.165, 1.54) is 11.3 Å². The highest BCUT2D eigenvalue weighted by Crippen LogP contribution is 2.32. The number of H-pyrrole nitrogens is 1. The van der Waals surface area contributed by atoms with Crippen molar-refractivity contribution in [2.75, 3.05) is 11.9 Å². The SMILES string of the molecule is Cc1c(-c2nnc(NCC(N)Cc3ccc(Cl)cc3Cl)s2)ccc2[nH]ncc12. The van der Waals surface area contributed by atoms with Crippen LogP contribution in [0.25, 0.3) is 21.5 Å². The number of benzene rings is 2. The molecule has 0 aliphatic rings. The number of hydrogen-bond acceptors (Lipinski definition) is 6. The molecule has 0 saturated carbocycles. The molecule has 4 N–H and O–H groups in total. The lowest BCUT2D eigenvalue weighted by Gasteiger charge is -2.13. The predicted octanol–water partition coefficient (Wildman–Crippen LogP) is 4.68. The number of fused-ring (bicyclic) bond motifs is 1. The van der Waals surface area contributed by atoms with E-state index in [2.05, 4.69) is 32.6 Å². The molecular weight excluding hydrogens is 415 g/mol. The summed E-state index contributed by atoms with van der Waals surface area (Å²) in [6.07, 6.45) is 2.47. The van der Waals surface area contributed by atoms with Gasteiger partial charge in [-0.1, -0.05) is 40.6 Å². The van der Waals surface area contributed by atoms with Crippen LogP contribution in [-0.4, -0.2) is 33.0 Å². The number of halogens is 2. The highest BCUT2D eigenvalue weighted by molar-refractivity contribution is 7.18. The molecule has 0 aliphatic heterocycles. The smallest absolute Gasteiger partial charge is 0.206 e. The molecule has 0 radical (unpaired) electrons. The Kier molecular flexibility index (Phi) is 5.50. The van der Waals surface area contributed by atoms with Gasteiger partial charge in [0.15, 0.2) is 0 Å². The summed E-state index contributed by atoms with van der Waals surface area (Å²) in [6.45, 7) is 2.63. The van der Waals surface area contributed by atoms with Crippen LogP contribution < -0.4 is 11.1 Å². The number of aromatic amines is 1. The van der Waals surface area contributed by atoms with Gasteiger partial charge >= 0.3 is 0 Å². The molecule has 144 valence electrons. The Morgan fingerprint density at radius 1 is 1.21 bits per heavy atom. The molecule has 2 heterocycles. The number of nitrogens with one attached hydrogen (secondary N) is 2. The topological polar surface area (TPSA) is 92.5 Å². The van der Waals surface area contributed by atoms with Crippen molar-refractivity contribution in [1.29, 1.82) is 0 Å². The molecule has 0 aliphatic carbocycles. The predicted molar refractivity (Wildman–Crippen MR) is 116 cm³/mol. The van der Waals surface area contributed by atoms with Crippen LogP contribution in [0, 0.1) is 6.92 Å². The molecule has 4 aromatic rings. The zero-order chi connectivity index (χ0) is 19.7.